The summed E-state index contributed by atoms with van der Waals surface area (Å²) >= 11 is 1.58. The number of thioether (sulfide) groups is 1. The van der Waals surface area contributed by atoms with Crippen molar-refractivity contribution in [3.63, 3.8) is 0 Å². The van der Waals surface area contributed by atoms with Crippen LogP contribution in [0.15, 0.2) is 53.6 Å². The normalized spacial score (nSPS) is 11.5. The van der Waals surface area contributed by atoms with Crippen LogP contribution in [0.25, 0.3) is 5.57 Å². The third kappa shape index (κ3) is 3.71. The summed E-state index contributed by atoms with van der Waals surface area (Å²) in [7, 11) is 0. The van der Waals surface area contributed by atoms with E-state index in [4.69, 9.17) is 0 Å². The van der Waals surface area contributed by atoms with Crippen LogP contribution >= 0.6 is 11.8 Å². The molecule has 0 saturated heterocycles. The summed E-state index contributed by atoms with van der Waals surface area (Å²) in [6, 6.07) is 13.7. The highest BCUT2D eigenvalue weighted by molar-refractivity contribution is 7.98. The van der Waals surface area contributed by atoms with E-state index < -0.39 is 5.97 Å². The lowest BCUT2D eigenvalue weighted by Gasteiger charge is -2.12. The van der Waals surface area contributed by atoms with Crippen LogP contribution in [0.3, 0.4) is 0 Å². The third-order valence-electron chi connectivity index (χ3n) is 3.37. The highest BCUT2D eigenvalue weighted by Crippen LogP contribution is 2.33. The molecular formula is C18H18O3S. The van der Waals surface area contributed by atoms with E-state index in [2.05, 4.69) is 24.3 Å². The second-order valence-electron chi connectivity index (χ2n) is 5.07. The molecule has 2 aromatic carbocycles. The quantitative estimate of drug-likeness (QED) is 0.482. The minimum Gasteiger partial charge on any atom is -0.515 e. The molecule has 3 nitrogen and oxygen atoms in total. The van der Waals surface area contributed by atoms with Gasteiger partial charge in [-0.3, -0.25) is 0 Å². The van der Waals surface area contributed by atoms with Gasteiger partial charge in [0.15, 0.2) is 0 Å². The fourth-order valence-corrected chi connectivity index (χ4v) is 3.27. The molecule has 0 radical (unpaired) electrons. The van der Waals surface area contributed by atoms with Crippen molar-refractivity contribution >= 4 is 23.3 Å². The van der Waals surface area contributed by atoms with Crippen molar-refractivity contribution in [1.82, 2.24) is 0 Å². The molecule has 0 atom stereocenters. The van der Waals surface area contributed by atoms with E-state index in [9.17, 15) is 15.0 Å². The van der Waals surface area contributed by atoms with Gasteiger partial charge in [0, 0.05) is 16.2 Å². The summed E-state index contributed by atoms with van der Waals surface area (Å²) in [6.07, 6.45) is 0.660. The van der Waals surface area contributed by atoms with Gasteiger partial charge in [-0.05, 0) is 25.0 Å². The lowest BCUT2D eigenvalue weighted by atomic mass is 10.0. The van der Waals surface area contributed by atoms with Crippen LogP contribution in [0.2, 0.25) is 0 Å². The summed E-state index contributed by atoms with van der Waals surface area (Å²) in [5, 5.41) is 18.4. The van der Waals surface area contributed by atoms with Gasteiger partial charge in [0.05, 0.1) is 6.26 Å². The van der Waals surface area contributed by atoms with Gasteiger partial charge in [-0.25, -0.2) is 4.79 Å². The number of carbonyl (C=O) groups is 1. The number of aliphatic carboxylic acids is 1. The topological polar surface area (TPSA) is 57.5 Å². The van der Waals surface area contributed by atoms with E-state index in [1.54, 1.807) is 23.9 Å². The van der Waals surface area contributed by atoms with Crippen LogP contribution in [0.4, 0.5) is 0 Å². The van der Waals surface area contributed by atoms with E-state index in [0.29, 0.717) is 11.8 Å². The van der Waals surface area contributed by atoms with E-state index in [-0.39, 0.29) is 5.57 Å². The summed E-state index contributed by atoms with van der Waals surface area (Å²) in [5.74, 6) is -0.388. The second-order valence-corrected chi connectivity index (χ2v) is 6.06. The first-order valence-corrected chi connectivity index (χ1v) is 7.87. The molecular weight excluding hydrogens is 296 g/mol. The number of carboxylic acid groups (broad SMARTS) is 1. The molecule has 2 N–H and O–H groups in total. The van der Waals surface area contributed by atoms with Crippen LogP contribution < -0.4 is 0 Å². The van der Waals surface area contributed by atoms with Gasteiger partial charge in [0.2, 0.25) is 0 Å². The molecule has 2 rings (SSSR count). The van der Waals surface area contributed by atoms with Crippen molar-refractivity contribution in [2.24, 2.45) is 0 Å². The summed E-state index contributed by atoms with van der Waals surface area (Å²) in [5.41, 5.74) is 3.84. The standard InChI is InChI=1S/C18H18O3S/c1-12-6-8-14(9-7-12)11-22-17-13(2)4-3-5-15(17)16(10-19)18(20)21/h3-10,19H,11H2,1-2H3,(H,20,21)/b16-10+. The number of aliphatic hydroxyl groups is 1. The van der Waals surface area contributed by atoms with E-state index in [1.165, 1.54) is 11.1 Å². The number of carboxylic acids is 1. The molecule has 0 spiro atoms. The fourth-order valence-electron chi connectivity index (χ4n) is 2.14. The summed E-state index contributed by atoms with van der Waals surface area (Å²) in [6.45, 7) is 3.99. The van der Waals surface area contributed by atoms with E-state index in [0.717, 1.165) is 16.2 Å². The van der Waals surface area contributed by atoms with Crippen molar-refractivity contribution in [2.75, 3.05) is 0 Å². The zero-order chi connectivity index (χ0) is 16.1. The van der Waals surface area contributed by atoms with Crippen LogP contribution in [-0.4, -0.2) is 16.2 Å². The molecule has 2 aromatic rings. The van der Waals surface area contributed by atoms with Gasteiger partial charge < -0.3 is 10.2 Å². The monoisotopic (exact) mass is 314 g/mol. The molecule has 0 aliphatic rings. The Kier molecular flexibility index (Phi) is 5.28. The molecule has 0 fully saturated rings. The first-order valence-electron chi connectivity index (χ1n) is 6.89. The molecule has 0 heterocycles. The SMILES string of the molecule is Cc1ccc(CSc2c(C)cccc2/C(=C\O)C(=O)O)cc1. The number of benzene rings is 2. The molecule has 0 amide bonds. The molecule has 0 aliphatic heterocycles. The molecule has 0 unspecified atom stereocenters. The Bertz CT molecular complexity index is 703. The Labute approximate surface area is 134 Å². The van der Waals surface area contributed by atoms with Crippen molar-refractivity contribution in [1.29, 1.82) is 0 Å². The van der Waals surface area contributed by atoms with Crippen molar-refractivity contribution in [3.05, 3.63) is 71.0 Å². The fraction of sp³-hybridized carbons (Fsp3) is 0.167. The number of aryl methyl sites for hydroxylation is 2. The van der Waals surface area contributed by atoms with E-state index >= 15 is 0 Å². The zero-order valence-electron chi connectivity index (χ0n) is 12.5. The Balaban J connectivity index is 2.30. The predicted molar refractivity (Wildman–Crippen MR) is 90.2 cm³/mol. The number of aliphatic hydroxyl groups excluding tert-OH is 1. The van der Waals surface area contributed by atoms with Crippen molar-refractivity contribution in [2.45, 2.75) is 24.5 Å². The van der Waals surface area contributed by atoms with Gasteiger partial charge in [-0.15, -0.1) is 11.8 Å². The Hall–Kier alpha value is -2.20. The van der Waals surface area contributed by atoms with Gasteiger partial charge >= 0.3 is 5.97 Å². The van der Waals surface area contributed by atoms with Gasteiger partial charge in [-0.2, -0.15) is 0 Å². The highest BCUT2D eigenvalue weighted by Gasteiger charge is 2.16. The van der Waals surface area contributed by atoms with Gasteiger partial charge in [0.1, 0.15) is 5.57 Å². The molecule has 4 heteroatoms. The largest absolute Gasteiger partial charge is 0.515 e. The molecule has 22 heavy (non-hydrogen) atoms. The summed E-state index contributed by atoms with van der Waals surface area (Å²) < 4.78 is 0. The first-order chi connectivity index (χ1) is 10.5. The number of rotatable bonds is 5. The predicted octanol–water partition coefficient (Wildman–Crippen LogP) is 4.58. The average Bonchev–Trinajstić information content (AvgIpc) is 2.48. The molecule has 0 aromatic heterocycles. The first kappa shape index (κ1) is 16.2. The Morgan fingerprint density at radius 2 is 1.82 bits per heavy atom. The van der Waals surface area contributed by atoms with Crippen LogP contribution in [0.1, 0.15) is 22.3 Å². The Morgan fingerprint density at radius 1 is 1.14 bits per heavy atom. The molecule has 0 saturated carbocycles. The molecule has 114 valence electrons. The van der Waals surface area contributed by atoms with E-state index in [1.807, 2.05) is 19.9 Å². The van der Waals surface area contributed by atoms with Crippen molar-refractivity contribution in [3.8, 4) is 0 Å². The maximum absolute atomic E-state index is 11.3. The van der Waals surface area contributed by atoms with Crippen LogP contribution in [0.5, 0.6) is 0 Å². The summed E-state index contributed by atoms with van der Waals surface area (Å²) in [4.78, 5) is 12.1. The molecule has 0 bridgehead atoms. The lowest BCUT2D eigenvalue weighted by molar-refractivity contribution is -0.130. The zero-order valence-corrected chi connectivity index (χ0v) is 13.4. The Morgan fingerprint density at radius 3 is 2.41 bits per heavy atom. The second kappa shape index (κ2) is 7.18. The third-order valence-corrected chi connectivity index (χ3v) is 4.67. The van der Waals surface area contributed by atoms with Gasteiger partial charge in [0.25, 0.3) is 0 Å². The maximum Gasteiger partial charge on any atom is 0.339 e. The van der Waals surface area contributed by atoms with Gasteiger partial charge in [-0.1, -0.05) is 48.0 Å². The van der Waals surface area contributed by atoms with Crippen LogP contribution in [0, 0.1) is 13.8 Å². The number of hydrogen-bond donors (Lipinski definition) is 2. The highest BCUT2D eigenvalue weighted by atomic mass is 32.2. The number of hydrogen-bond acceptors (Lipinski definition) is 3. The maximum atomic E-state index is 11.3. The molecule has 0 aliphatic carbocycles. The minimum absolute atomic E-state index is 0.0879. The minimum atomic E-state index is -1.13. The average molecular weight is 314 g/mol. The van der Waals surface area contributed by atoms with Crippen molar-refractivity contribution < 1.29 is 15.0 Å². The van der Waals surface area contributed by atoms with Crippen LogP contribution in [-0.2, 0) is 10.5 Å². The smallest absolute Gasteiger partial charge is 0.339 e. The lowest BCUT2D eigenvalue weighted by Crippen LogP contribution is -2.02.